The van der Waals surface area contributed by atoms with Crippen LogP contribution in [0, 0.1) is 0 Å². The molecule has 0 fully saturated rings. The minimum Gasteiger partial charge on any atom is -0.455 e. The van der Waals surface area contributed by atoms with Crippen LogP contribution in [0.5, 0.6) is 0 Å². The normalized spacial score (nSPS) is 13.4. The van der Waals surface area contributed by atoms with E-state index in [1.54, 1.807) is 0 Å². The zero-order valence-electron chi connectivity index (χ0n) is 32.6. The van der Waals surface area contributed by atoms with Gasteiger partial charge >= 0.3 is 0 Å². The van der Waals surface area contributed by atoms with Crippen LogP contribution in [0.15, 0.2) is 186 Å². The molecule has 0 radical (unpaired) electrons. The first kappa shape index (κ1) is 33.0. The smallest absolute Gasteiger partial charge is 0.153 e. The number of fused-ring (bicyclic) bond motifs is 14. The largest absolute Gasteiger partial charge is 0.455 e. The van der Waals surface area contributed by atoms with Crippen LogP contribution in [0.1, 0.15) is 25.0 Å². The van der Waals surface area contributed by atoms with Crippen LogP contribution >= 0.6 is 11.3 Å². The van der Waals surface area contributed by atoms with E-state index in [9.17, 15) is 0 Å². The van der Waals surface area contributed by atoms with Crippen molar-refractivity contribution < 1.29 is 4.42 Å². The highest BCUT2D eigenvalue weighted by molar-refractivity contribution is 7.27. The quantitative estimate of drug-likeness (QED) is 0.163. The minimum atomic E-state index is -0.169. The second kappa shape index (κ2) is 12.0. The summed E-state index contributed by atoms with van der Waals surface area (Å²) in [6, 6.07) is 67.5. The van der Waals surface area contributed by atoms with Gasteiger partial charge in [0, 0.05) is 37.2 Å². The van der Waals surface area contributed by atoms with E-state index < -0.39 is 0 Å². The molecule has 59 heavy (non-hydrogen) atoms. The average molecular weight is 769 g/mol. The molecule has 0 aliphatic heterocycles. The van der Waals surface area contributed by atoms with Crippen LogP contribution in [-0.2, 0) is 5.41 Å². The summed E-state index contributed by atoms with van der Waals surface area (Å²) in [7, 11) is 0. The molecule has 13 rings (SSSR count). The van der Waals surface area contributed by atoms with Crippen LogP contribution in [0.4, 0.5) is 0 Å². The molecule has 0 saturated heterocycles. The fraction of sp³-hybridized carbons (Fsp3) is 0.0526. The third-order valence-corrected chi connectivity index (χ3v) is 14.5. The van der Waals surface area contributed by atoms with E-state index in [0.29, 0.717) is 0 Å². The molecule has 0 unspecified atom stereocenters. The van der Waals surface area contributed by atoms with E-state index in [2.05, 4.69) is 196 Å². The van der Waals surface area contributed by atoms with Crippen LogP contribution in [0.2, 0.25) is 0 Å². The van der Waals surface area contributed by atoms with E-state index in [-0.39, 0.29) is 5.41 Å². The number of hydrogen-bond acceptors (Lipinski definition) is 2. The molecule has 2 aromatic heterocycles. The molecule has 0 atom stereocenters. The molecule has 2 heterocycles. The summed E-state index contributed by atoms with van der Waals surface area (Å²) >= 11 is 1.87. The molecule has 1 aliphatic rings. The van der Waals surface area contributed by atoms with Crippen LogP contribution in [0.3, 0.4) is 0 Å². The summed E-state index contributed by atoms with van der Waals surface area (Å²) in [6.45, 7) is 4.79. The number of para-hydroxylation sites is 1. The Balaban J connectivity index is 1.02. The lowest BCUT2D eigenvalue weighted by Crippen LogP contribution is -2.15. The lowest BCUT2D eigenvalue weighted by Gasteiger charge is -2.23. The van der Waals surface area contributed by atoms with Gasteiger partial charge in [0.15, 0.2) is 5.58 Å². The number of rotatable bonds is 3. The Labute approximate surface area is 345 Å². The third kappa shape index (κ3) is 4.55. The molecule has 2 heteroatoms. The summed E-state index contributed by atoms with van der Waals surface area (Å²) in [5, 5.41) is 12.6. The van der Waals surface area contributed by atoms with E-state index in [0.717, 1.165) is 11.2 Å². The molecule has 10 aromatic carbocycles. The highest BCUT2D eigenvalue weighted by Gasteiger charge is 2.36. The highest BCUT2D eigenvalue weighted by atomic mass is 32.1. The number of furan rings is 1. The Kier molecular flexibility index (Phi) is 6.73. The Hall–Kier alpha value is -7.00. The van der Waals surface area contributed by atoms with E-state index >= 15 is 0 Å². The van der Waals surface area contributed by atoms with Crippen LogP contribution in [0.25, 0.3) is 119 Å². The van der Waals surface area contributed by atoms with Gasteiger partial charge in [0.25, 0.3) is 0 Å². The first-order valence-corrected chi connectivity index (χ1v) is 21.3. The molecule has 0 bridgehead atoms. The van der Waals surface area contributed by atoms with Crippen LogP contribution in [-0.4, -0.2) is 0 Å². The summed E-state index contributed by atoms with van der Waals surface area (Å²) in [4.78, 5) is 0. The molecule has 1 nitrogen and oxygen atoms in total. The Morgan fingerprint density at radius 1 is 0.390 bits per heavy atom. The molecule has 0 N–H and O–H groups in total. The average Bonchev–Trinajstić information content (AvgIpc) is 3.93. The number of hydrogen-bond donors (Lipinski definition) is 0. The van der Waals surface area contributed by atoms with Crippen molar-refractivity contribution in [1.82, 2.24) is 0 Å². The Bertz CT molecular complexity index is 3690. The summed E-state index contributed by atoms with van der Waals surface area (Å²) in [6.07, 6.45) is 0. The van der Waals surface area contributed by atoms with E-state index in [4.69, 9.17) is 4.42 Å². The first-order valence-electron chi connectivity index (χ1n) is 20.5. The van der Waals surface area contributed by atoms with Gasteiger partial charge in [0.2, 0.25) is 0 Å². The van der Waals surface area contributed by atoms with Crippen molar-refractivity contribution >= 4 is 85.8 Å². The maximum Gasteiger partial charge on any atom is 0.153 e. The molecule has 1 aliphatic carbocycles. The summed E-state index contributed by atoms with van der Waals surface area (Å²) in [5.74, 6) is 0. The van der Waals surface area contributed by atoms with Gasteiger partial charge in [-0.1, -0.05) is 166 Å². The zero-order chi connectivity index (χ0) is 39.0. The van der Waals surface area contributed by atoms with Crippen molar-refractivity contribution in [2.75, 3.05) is 0 Å². The third-order valence-electron chi connectivity index (χ3n) is 13.2. The predicted octanol–water partition coefficient (Wildman–Crippen LogP) is 16.7. The topological polar surface area (TPSA) is 13.1 Å². The van der Waals surface area contributed by atoms with Gasteiger partial charge in [-0.05, 0) is 113 Å². The van der Waals surface area contributed by atoms with Gasteiger partial charge in [0.05, 0.1) is 4.70 Å². The summed E-state index contributed by atoms with van der Waals surface area (Å²) < 4.78 is 9.12. The van der Waals surface area contributed by atoms with Crippen molar-refractivity contribution in [3.63, 3.8) is 0 Å². The lowest BCUT2D eigenvalue weighted by molar-refractivity contribution is 0.660. The molecule has 12 aromatic rings. The monoisotopic (exact) mass is 768 g/mol. The van der Waals surface area contributed by atoms with Crippen molar-refractivity contribution in [2.24, 2.45) is 0 Å². The van der Waals surface area contributed by atoms with Crippen molar-refractivity contribution in [3.8, 4) is 44.5 Å². The fourth-order valence-electron chi connectivity index (χ4n) is 10.5. The SMILES string of the molecule is CC1(C)c2ccc(-c3cc4ccccc4c4c3sc3c4ccc4c5ccccc5oc43)cc2-c2ccc(-c3c4ccccc4c(-c4ccccc4)c4ccccc34)cc21. The van der Waals surface area contributed by atoms with Gasteiger partial charge in [-0.25, -0.2) is 0 Å². The second-order valence-corrected chi connectivity index (χ2v) is 17.7. The van der Waals surface area contributed by atoms with Crippen molar-refractivity contribution in [3.05, 3.63) is 193 Å². The van der Waals surface area contributed by atoms with Gasteiger partial charge in [-0.3, -0.25) is 0 Å². The zero-order valence-corrected chi connectivity index (χ0v) is 33.5. The second-order valence-electron chi connectivity index (χ2n) is 16.7. The Morgan fingerprint density at radius 2 is 1.00 bits per heavy atom. The predicted molar refractivity (Wildman–Crippen MR) is 253 cm³/mol. The van der Waals surface area contributed by atoms with Crippen molar-refractivity contribution in [2.45, 2.75) is 19.3 Å². The molecular formula is C57H36OS. The first-order chi connectivity index (χ1) is 29.0. The number of benzene rings is 10. The standard InChI is InChI=1S/C57H36OS/c1-57(2)48-29-25-35(46-30-34-16-6-7-17-37(34)53-45-28-27-44-39-18-12-13-23-50(39)58-54(44)56(45)59-55(46)53)31-47(48)38-26-24-36(32-49(38)57)52-42-21-10-8-19-40(42)51(33-14-4-3-5-15-33)41-20-9-11-22-43(41)52/h3-32H,1-2H3. The molecule has 0 spiro atoms. The van der Waals surface area contributed by atoms with Gasteiger partial charge in [-0.2, -0.15) is 0 Å². The van der Waals surface area contributed by atoms with E-state index in [1.165, 1.54) is 119 Å². The molecule has 276 valence electrons. The van der Waals surface area contributed by atoms with E-state index in [1.807, 2.05) is 11.3 Å². The maximum atomic E-state index is 6.60. The number of thiophene rings is 1. The lowest BCUT2D eigenvalue weighted by atomic mass is 9.80. The molecular weight excluding hydrogens is 733 g/mol. The van der Waals surface area contributed by atoms with Crippen molar-refractivity contribution in [1.29, 1.82) is 0 Å². The molecule has 0 amide bonds. The molecule has 0 saturated carbocycles. The van der Waals surface area contributed by atoms with Gasteiger partial charge < -0.3 is 4.42 Å². The highest BCUT2D eigenvalue weighted by Crippen LogP contribution is 2.54. The summed E-state index contributed by atoms with van der Waals surface area (Å²) in [5.41, 5.74) is 14.8. The van der Waals surface area contributed by atoms with Gasteiger partial charge in [-0.15, -0.1) is 11.3 Å². The minimum absolute atomic E-state index is 0.169. The Morgan fingerprint density at radius 3 is 1.75 bits per heavy atom. The van der Waals surface area contributed by atoms with Gasteiger partial charge in [0.1, 0.15) is 5.58 Å². The maximum absolute atomic E-state index is 6.60. The fourth-order valence-corrected chi connectivity index (χ4v) is 11.8. The van der Waals surface area contributed by atoms with Crippen LogP contribution < -0.4 is 0 Å².